The number of hydrogen-bond donors (Lipinski definition) is 2. The molecule has 0 aliphatic rings. The molecule has 2 rings (SSSR count). The molecule has 2 aromatic rings. The number of rotatable bonds is 5. The van der Waals surface area contributed by atoms with Crippen molar-refractivity contribution in [3.8, 4) is 5.75 Å². The normalized spacial score (nSPS) is 11.8. The zero-order valence-electron chi connectivity index (χ0n) is 11.9. The van der Waals surface area contributed by atoms with Gasteiger partial charge in [0.25, 0.3) is 0 Å². The summed E-state index contributed by atoms with van der Waals surface area (Å²) in [5, 5.41) is 3.45. The molecule has 5 heteroatoms. The molecule has 0 saturated heterocycles. The topological polar surface area (TPSA) is 47.3 Å². The van der Waals surface area contributed by atoms with Crippen LogP contribution in [0.15, 0.2) is 46.9 Å². The van der Waals surface area contributed by atoms with E-state index in [-0.39, 0.29) is 6.04 Å². The third-order valence-electron chi connectivity index (χ3n) is 3.23. The summed E-state index contributed by atoms with van der Waals surface area (Å²) in [7, 11) is 1.66. The van der Waals surface area contributed by atoms with Crippen LogP contribution in [0.3, 0.4) is 0 Å². The smallest absolute Gasteiger partial charge is 0.118 e. The maximum atomic E-state index is 5.78. The van der Waals surface area contributed by atoms with Crippen molar-refractivity contribution < 1.29 is 4.74 Å². The first-order valence-electron chi connectivity index (χ1n) is 6.51. The lowest BCUT2D eigenvalue weighted by molar-refractivity contribution is 0.414. The van der Waals surface area contributed by atoms with E-state index >= 15 is 0 Å². The molecular formula is C16H17BrN2OS. The fourth-order valence-corrected chi connectivity index (χ4v) is 2.60. The molecule has 0 heterocycles. The minimum absolute atomic E-state index is 0.123. The van der Waals surface area contributed by atoms with Gasteiger partial charge in [0.15, 0.2) is 0 Å². The molecule has 0 radical (unpaired) electrons. The monoisotopic (exact) mass is 364 g/mol. The molecule has 0 bridgehead atoms. The minimum Gasteiger partial charge on any atom is -0.497 e. The zero-order chi connectivity index (χ0) is 15.4. The number of ether oxygens (including phenoxy) is 1. The molecule has 0 aromatic heterocycles. The molecule has 21 heavy (non-hydrogen) atoms. The predicted molar refractivity (Wildman–Crippen MR) is 95.1 cm³/mol. The van der Waals surface area contributed by atoms with Crippen molar-refractivity contribution >= 4 is 38.8 Å². The molecule has 1 unspecified atom stereocenters. The average molecular weight is 365 g/mol. The van der Waals surface area contributed by atoms with Crippen molar-refractivity contribution in [2.75, 3.05) is 12.4 Å². The number of nitrogens with one attached hydrogen (secondary N) is 1. The highest BCUT2D eigenvalue weighted by molar-refractivity contribution is 9.10. The summed E-state index contributed by atoms with van der Waals surface area (Å²) in [5.74, 6) is 0.845. The minimum atomic E-state index is 0.123. The molecular weight excluding hydrogens is 348 g/mol. The summed E-state index contributed by atoms with van der Waals surface area (Å²) in [4.78, 5) is 0.381. The molecule has 0 aliphatic heterocycles. The van der Waals surface area contributed by atoms with Crippen LogP contribution in [0.2, 0.25) is 0 Å². The van der Waals surface area contributed by atoms with Crippen LogP contribution >= 0.6 is 28.1 Å². The van der Waals surface area contributed by atoms with E-state index in [4.69, 9.17) is 22.7 Å². The molecule has 3 N–H and O–H groups in total. The molecule has 2 aromatic carbocycles. The fourth-order valence-electron chi connectivity index (χ4n) is 2.06. The van der Waals surface area contributed by atoms with Crippen LogP contribution in [0.1, 0.15) is 24.1 Å². The number of thiocarbonyl (C=S) groups is 1. The lowest BCUT2D eigenvalue weighted by Gasteiger charge is -2.19. The first kappa shape index (κ1) is 15.8. The summed E-state index contributed by atoms with van der Waals surface area (Å²) in [6.45, 7) is 2.09. The van der Waals surface area contributed by atoms with Gasteiger partial charge in [-0.15, -0.1) is 0 Å². The van der Waals surface area contributed by atoms with Gasteiger partial charge in [-0.05, 0) is 42.8 Å². The lowest BCUT2D eigenvalue weighted by atomic mass is 10.1. The van der Waals surface area contributed by atoms with E-state index in [0.717, 1.165) is 27.0 Å². The van der Waals surface area contributed by atoms with Crippen LogP contribution in [-0.2, 0) is 0 Å². The first-order valence-corrected chi connectivity index (χ1v) is 7.71. The van der Waals surface area contributed by atoms with Crippen molar-refractivity contribution in [2.45, 2.75) is 13.0 Å². The van der Waals surface area contributed by atoms with Crippen LogP contribution in [0, 0.1) is 0 Å². The maximum Gasteiger partial charge on any atom is 0.118 e. The van der Waals surface area contributed by atoms with Crippen LogP contribution in [0.5, 0.6) is 5.75 Å². The Morgan fingerprint density at radius 2 is 1.90 bits per heavy atom. The van der Waals surface area contributed by atoms with Gasteiger partial charge in [-0.2, -0.15) is 0 Å². The predicted octanol–water partition coefficient (Wildman–Crippen LogP) is 4.27. The van der Waals surface area contributed by atoms with Gasteiger partial charge < -0.3 is 15.8 Å². The van der Waals surface area contributed by atoms with Crippen LogP contribution < -0.4 is 15.8 Å². The number of hydrogen-bond acceptors (Lipinski definition) is 3. The zero-order valence-corrected chi connectivity index (χ0v) is 14.3. The van der Waals surface area contributed by atoms with E-state index in [0.29, 0.717) is 4.99 Å². The molecule has 0 amide bonds. The van der Waals surface area contributed by atoms with Gasteiger partial charge in [-0.25, -0.2) is 0 Å². The highest BCUT2D eigenvalue weighted by atomic mass is 79.9. The fraction of sp³-hybridized carbons (Fsp3) is 0.188. The average Bonchev–Trinajstić information content (AvgIpc) is 2.47. The molecule has 0 fully saturated rings. The van der Waals surface area contributed by atoms with Gasteiger partial charge >= 0.3 is 0 Å². The molecule has 0 spiro atoms. The Hall–Kier alpha value is -1.59. The van der Waals surface area contributed by atoms with E-state index in [1.807, 2.05) is 42.5 Å². The van der Waals surface area contributed by atoms with Crippen molar-refractivity contribution in [3.05, 3.63) is 58.1 Å². The number of nitrogens with two attached hydrogens (primary N) is 1. The lowest BCUT2D eigenvalue weighted by Crippen LogP contribution is -2.15. The Morgan fingerprint density at radius 1 is 1.24 bits per heavy atom. The number of anilines is 1. The van der Waals surface area contributed by atoms with Gasteiger partial charge in [0.05, 0.1) is 7.11 Å². The third-order valence-corrected chi connectivity index (χ3v) is 3.95. The molecule has 3 nitrogen and oxygen atoms in total. The summed E-state index contributed by atoms with van der Waals surface area (Å²) in [6, 6.07) is 13.9. The summed E-state index contributed by atoms with van der Waals surface area (Å²) in [5.41, 5.74) is 8.69. The van der Waals surface area contributed by atoms with Gasteiger partial charge in [-0.3, -0.25) is 0 Å². The Kier molecular flexibility index (Phi) is 5.20. The third kappa shape index (κ3) is 3.95. The SMILES string of the molecule is COc1ccc(C(C)Nc2cc(Br)ccc2C(N)=S)cc1. The maximum absolute atomic E-state index is 5.78. The second-order valence-corrected chi connectivity index (χ2v) is 6.05. The van der Waals surface area contributed by atoms with E-state index in [9.17, 15) is 0 Å². The summed E-state index contributed by atoms with van der Waals surface area (Å²) >= 11 is 8.57. The van der Waals surface area contributed by atoms with Crippen LogP contribution in [0.25, 0.3) is 0 Å². The molecule has 0 aliphatic carbocycles. The van der Waals surface area contributed by atoms with Crippen molar-refractivity contribution in [1.82, 2.24) is 0 Å². The molecule has 0 saturated carbocycles. The second-order valence-electron chi connectivity index (χ2n) is 4.69. The summed E-state index contributed by atoms with van der Waals surface area (Å²) in [6.07, 6.45) is 0. The van der Waals surface area contributed by atoms with Crippen molar-refractivity contribution in [3.63, 3.8) is 0 Å². The van der Waals surface area contributed by atoms with E-state index in [1.165, 1.54) is 0 Å². The van der Waals surface area contributed by atoms with E-state index < -0.39 is 0 Å². The standard InChI is InChI=1S/C16H17BrN2OS/c1-10(11-3-6-13(20-2)7-4-11)19-15-9-12(17)5-8-14(15)16(18)21/h3-10,19H,1-2H3,(H2,18,21). The van der Waals surface area contributed by atoms with Crippen LogP contribution in [-0.4, -0.2) is 12.1 Å². The van der Waals surface area contributed by atoms with Gasteiger partial charge in [0.1, 0.15) is 10.7 Å². The highest BCUT2D eigenvalue weighted by Crippen LogP contribution is 2.26. The largest absolute Gasteiger partial charge is 0.497 e. The van der Waals surface area contributed by atoms with E-state index in [1.54, 1.807) is 7.11 Å². The van der Waals surface area contributed by atoms with E-state index in [2.05, 4.69) is 28.2 Å². The molecule has 110 valence electrons. The Morgan fingerprint density at radius 3 is 2.48 bits per heavy atom. The van der Waals surface area contributed by atoms with Crippen molar-refractivity contribution in [2.24, 2.45) is 5.73 Å². The quantitative estimate of drug-likeness (QED) is 0.777. The summed E-state index contributed by atoms with van der Waals surface area (Å²) < 4.78 is 6.15. The van der Waals surface area contributed by atoms with Crippen LogP contribution in [0.4, 0.5) is 5.69 Å². The number of benzene rings is 2. The van der Waals surface area contributed by atoms with Gasteiger partial charge in [0, 0.05) is 21.8 Å². The number of halogens is 1. The Bertz CT molecular complexity index is 643. The number of methoxy groups -OCH3 is 1. The first-order chi connectivity index (χ1) is 10.0. The Balaban J connectivity index is 2.24. The second kappa shape index (κ2) is 6.91. The molecule has 1 atom stereocenters. The Labute approximate surface area is 138 Å². The highest BCUT2D eigenvalue weighted by Gasteiger charge is 2.10. The van der Waals surface area contributed by atoms with Gasteiger partial charge in [0.2, 0.25) is 0 Å². The van der Waals surface area contributed by atoms with Crippen molar-refractivity contribution in [1.29, 1.82) is 0 Å². The van der Waals surface area contributed by atoms with Gasteiger partial charge in [-0.1, -0.05) is 40.3 Å².